The van der Waals surface area contributed by atoms with Crippen molar-refractivity contribution in [1.29, 1.82) is 0 Å². The van der Waals surface area contributed by atoms with E-state index in [-0.39, 0.29) is 12.5 Å². The van der Waals surface area contributed by atoms with Gasteiger partial charge in [0, 0.05) is 43.9 Å². The molecule has 1 aromatic heterocycles. The van der Waals surface area contributed by atoms with Gasteiger partial charge in [-0.3, -0.25) is 9.48 Å². The minimum Gasteiger partial charge on any atom is -0.396 e. The van der Waals surface area contributed by atoms with Gasteiger partial charge in [0.25, 0.3) is 5.91 Å². The second-order valence-electron chi connectivity index (χ2n) is 5.68. The van der Waals surface area contributed by atoms with E-state index in [2.05, 4.69) is 27.9 Å². The number of aliphatic hydroxyl groups is 1. The van der Waals surface area contributed by atoms with Crippen LogP contribution in [-0.2, 0) is 19.5 Å². The molecule has 3 N–H and O–H groups in total. The van der Waals surface area contributed by atoms with Crippen molar-refractivity contribution in [3.05, 3.63) is 52.8 Å². The second kappa shape index (κ2) is 7.39. The van der Waals surface area contributed by atoms with Crippen molar-refractivity contribution in [3.8, 4) is 0 Å². The van der Waals surface area contributed by atoms with Crippen molar-refractivity contribution < 1.29 is 9.90 Å². The van der Waals surface area contributed by atoms with Crippen molar-refractivity contribution >= 4 is 5.91 Å². The molecule has 6 nitrogen and oxygen atoms in total. The minimum absolute atomic E-state index is 0.0718. The lowest BCUT2D eigenvalue weighted by Crippen LogP contribution is -2.29. The summed E-state index contributed by atoms with van der Waals surface area (Å²) in [5.74, 6) is -0.162. The smallest absolute Gasteiger partial charge is 0.272 e. The summed E-state index contributed by atoms with van der Waals surface area (Å²) in [6.45, 7) is 2.78. The molecule has 122 valence electrons. The summed E-state index contributed by atoms with van der Waals surface area (Å²) in [5.41, 5.74) is 3.80. The SMILES string of the molecule is O=C(NCCCO)c1nn(Cc2ccccc2)c2c1CNCC2. The van der Waals surface area contributed by atoms with E-state index in [9.17, 15) is 4.79 Å². The van der Waals surface area contributed by atoms with Crippen LogP contribution in [0, 0.1) is 0 Å². The van der Waals surface area contributed by atoms with Crippen molar-refractivity contribution in [2.24, 2.45) is 0 Å². The fraction of sp³-hybridized carbons (Fsp3) is 0.412. The van der Waals surface area contributed by atoms with E-state index in [1.807, 2.05) is 22.9 Å². The number of aliphatic hydroxyl groups excluding tert-OH is 1. The summed E-state index contributed by atoms with van der Waals surface area (Å²) in [4.78, 5) is 12.4. The number of fused-ring (bicyclic) bond motifs is 1. The van der Waals surface area contributed by atoms with Crippen LogP contribution in [0.15, 0.2) is 30.3 Å². The summed E-state index contributed by atoms with van der Waals surface area (Å²) in [7, 11) is 0. The van der Waals surface area contributed by atoms with Crippen LogP contribution in [-0.4, -0.2) is 40.5 Å². The van der Waals surface area contributed by atoms with Crippen LogP contribution in [0.2, 0.25) is 0 Å². The zero-order valence-electron chi connectivity index (χ0n) is 13.1. The number of hydrogen-bond donors (Lipinski definition) is 3. The Kier molecular flexibility index (Phi) is 5.05. The number of amides is 1. The average molecular weight is 314 g/mol. The number of rotatable bonds is 6. The Balaban J connectivity index is 1.84. The summed E-state index contributed by atoms with van der Waals surface area (Å²) in [6.07, 6.45) is 1.43. The minimum atomic E-state index is -0.162. The molecular formula is C17H22N4O2. The predicted octanol–water partition coefficient (Wildman–Crippen LogP) is 0.689. The van der Waals surface area contributed by atoms with Crippen LogP contribution in [0.1, 0.15) is 33.7 Å². The molecule has 2 aromatic rings. The van der Waals surface area contributed by atoms with Gasteiger partial charge in [-0.25, -0.2) is 0 Å². The van der Waals surface area contributed by atoms with Crippen molar-refractivity contribution in [1.82, 2.24) is 20.4 Å². The lowest BCUT2D eigenvalue weighted by atomic mass is 10.1. The zero-order valence-corrected chi connectivity index (χ0v) is 13.1. The van der Waals surface area contributed by atoms with Gasteiger partial charge < -0.3 is 15.7 Å². The van der Waals surface area contributed by atoms with Gasteiger partial charge in [-0.1, -0.05) is 30.3 Å². The Bertz CT molecular complexity index is 667. The molecule has 1 aliphatic heterocycles. The maximum Gasteiger partial charge on any atom is 0.272 e. The Labute approximate surface area is 135 Å². The first-order valence-corrected chi connectivity index (χ1v) is 8.02. The van der Waals surface area contributed by atoms with Crippen molar-refractivity contribution in [2.75, 3.05) is 19.7 Å². The summed E-state index contributed by atoms with van der Waals surface area (Å²) < 4.78 is 1.95. The monoisotopic (exact) mass is 314 g/mol. The summed E-state index contributed by atoms with van der Waals surface area (Å²) in [6, 6.07) is 10.1. The van der Waals surface area contributed by atoms with Gasteiger partial charge in [-0.2, -0.15) is 5.10 Å². The number of benzene rings is 1. The van der Waals surface area contributed by atoms with Gasteiger partial charge in [0.15, 0.2) is 5.69 Å². The van der Waals surface area contributed by atoms with Crippen LogP contribution in [0.4, 0.5) is 0 Å². The predicted molar refractivity (Wildman–Crippen MR) is 87.2 cm³/mol. The van der Waals surface area contributed by atoms with E-state index in [1.54, 1.807) is 0 Å². The number of nitrogens with zero attached hydrogens (tertiary/aromatic N) is 2. The topological polar surface area (TPSA) is 79.2 Å². The van der Waals surface area contributed by atoms with Crippen molar-refractivity contribution in [3.63, 3.8) is 0 Å². The Morgan fingerprint density at radius 3 is 2.96 bits per heavy atom. The molecule has 0 fully saturated rings. The number of hydrogen-bond acceptors (Lipinski definition) is 4. The van der Waals surface area contributed by atoms with Gasteiger partial charge in [0.05, 0.1) is 6.54 Å². The molecule has 2 heterocycles. The summed E-state index contributed by atoms with van der Waals surface area (Å²) >= 11 is 0. The third kappa shape index (κ3) is 3.60. The van der Waals surface area contributed by atoms with Gasteiger partial charge >= 0.3 is 0 Å². The highest BCUT2D eigenvalue weighted by Gasteiger charge is 2.24. The molecule has 1 aliphatic rings. The maximum absolute atomic E-state index is 12.4. The molecule has 1 aromatic carbocycles. The quantitative estimate of drug-likeness (QED) is 0.686. The molecule has 23 heavy (non-hydrogen) atoms. The number of carbonyl (C=O) groups excluding carboxylic acids is 1. The highest BCUT2D eigenvalue weighted by atomic mass is 16.3. The molecule has 1 amide bonds. The first-order chi connectivity index (χ1) is 11.3. The molecule has 0 radical (unpaired) electrons. The average Bonchev–Trinajstić information content (AvgIpc) is 2.95. The Morgan fingerprint density at radius 1 is 1.35 bits per heavy atom. The fourth-order valence-electron chi connectivity index (χ4n) is 2.85. The number of aromatic nitrogens is 2. The summed E-state index contributed by atoms with van der Waals surface area (Å²) in [5, 5.41) is 19.5. The lowest BCUT2D eigenvalue weighted by Gasteiger charge is -2.15. The van der Waals surface area contributed by atoms with E-state index in [0.717, 1.165) is 24.2 Å². The Hall–Kier alpha value is -2.18. The maximum atomic E-state index is 12.4. The van der Waals surface area contributed by atoms with Gasteiger partial charge in [-0.05, 0) is 12.0 Å². The molecule has 0 spiro atoms. The van der Waals surface area contributed by atoms with E-state index in [4.69, 9.17) is 5.11 Å². The highest BCUT2D eigenvalue weighted by molar-refractivity contribution is 5.94. The molecule has 0 bridgehead atoms. The van der Waals surface area contributed by atoms with Crippen LogP contribution in [0.5, 0.6) is 0 Å². The highest BCUT2D eigenvalue weighted by Crippen LogP contribution is 2.19. The lowest BCUT2D eigenvalue weighted by molar-refractivity contribution is 0.0944. The van der Waals surface area contributed by atoms with E-state index >= 15 is 0 Å². The first kappa shape index (κ1) is 15.7. The molecule has 0 saturated carbocycles. The van der Waals surface area contributed by atoms with Gasteiger partial charge in [-0.15, -0.1) is 0 Å². The van der Waals surface area contributed by atoms with E-state index in [1.165, 1.54) is 5.56 Å². The van der Waals surface area contributed by atoms with Gasteiger partial charge in [0.1, 0.15) is 0 Å². The van der Waals surface area contributed by atoms with Crippen molar-refractivity contribution in [2.45, 2.75) is 25.9 Å². The normalized spacial score (nSPS) is 13.6. The zero-order chi connectivity index (χ0) is 16.1. The number of carbonyl (C=O) groups is 1. The van der Waals surface area contributed by atoms with Crippen LogP contribution >= 0.6 is 0 Å². The second-order valence-corrected chi connectivity index (χ2v) is 5.68. The van der Waals surface area contributed by atoms with E-state index < -0.39 is 0 Å². The molecule has 3 rings (SSSR count). The molecule has 6 heteroatoms. The van der Waals surface area contributed by atoms with Crippen LogP contribution in [0.3, 0.4) is 0 Å². The number of nitrogens with one attached hydrogen (secondary N) is 2. The van der Waals surface area contributed by atoms with Gasteiger partial charge in [0.2, 0.25) is 0 Å². The molecular weight excluding hydrogens is 292 g/mol. The Morgan fingerprint density at radius 2 is 2.17 bits per heavy atom. The first-order valence-electron chi connectivity index (χ1n) is 8.02. The molecule has 0 unspecified atom stereocenters. The third-order valence-corrected chi connectivity index (χ3v) is 4.02. The third-order valence-electron chi connectivity index (χ3n) is 4.02. The molecule has 0 saturated heterocycles. The van der Waals surface area contributed by atoms with Crippen LogP contribution in [0.25, 0.3) is 0 Å². The standard InChI is InChI=1S/C17H22N4O2/c22-10-4-8-19-17(23)16-14-11-18-9-7-15(14)21(20-16)12-13-5-2-1-3-6-13/h1-3,5-6,18,22H,4,7-12H2,(H,19,23). The fourth-order valence-corrected chi connectivity index (χ4v) is 2.85. The molecule has 0 aliphatic carbocycles. The van der Waals surface area contributed by atoms with Crippen LogP contribution < -0.4 is 10.6 Å². The largest absolute Gasteiger partial charge is 0.396 e. The van der Waals surface area contributed by atoms with E-state index in [0.29, 0.717) is 31.7 Å². The molecule has 0 atom stereocenters.